The number of rotatable bonds is 4. The fourth-order valence-corrected chi connectivity index (χ4v) is 5.78. The standard InChI is InChI=1S/C20H23F2N3O4S/c21-17-13-16(18(22)12-15(17)14-24-7-1-2-11-30(24,27)28)20(4-9-29-10-5-20)19(26)25-8-3-6-23-25/h3,6,8,12-13H,1-2,4-5,7,9-11,14H2. The Kier molecular flexibility index (Phi) is 5.73. The van der Waals surface area contributed by atoms with Crippen molar-refractivity contribution in [3.63, 3.8) is 0 Å². The molecule has 2 fully saturated rings. The van der Waals surface area contributed by atoms with Crippen LogP contribution in [0.4, 0.5) is 8.78 Å². The van der Waals surface area contributed by atoms with Gasteiger partial charge in [0.1, 0.15) is 11.6 Å². The quantitative estimate of drug-likeness (QED) is 0.731. The Labute approximate surface area is 173 Å². The van der Waals surface area contributed by atoms with E-state index in [0.29, 0.717) is 12.8 Å². The lowest BCUT2D eigenvalue weighted by atomic mass is 9.72. The molecule has 0 bridgehead atoms. The molecule has 0 unspecified atom stereocenters. The minimum atomic E-state index is -3.48. The van der Waals surface area contributed by atoms with Crippen molar-refractivity contribution in [1.82, 2.24) is 14.1 Å². The zero-order valence-electron chi connectivity index (χ0n) is 16.4. The number of sulfonamides is 1. The van der Waals surface area contributed by atoms with Gasteiger partial charge >= 0.3 is 0 Å². The van der Waals surface area contributed by atoms with Crippen LogP contribution in [-0.2, 0) is 26.7 Å². The summed E-state index contributed by atoms with van der Waals surface area (Å²) in [5.41, 5.74) is -1.39. The lowest BCUT2D eigenvalue weighted by Gasteiger charge is -2.36. The number of hydrogen-bond acceptors (Lipinski definition) is 5. The van der Waals surface area contributed by atoms with Gasteiger partial charge in [0.05, 0.1) is 11.2 Å². The van der Waals surface area contributed by atoms with Crippen LogP contribution in [0.15, 0.2) is 30.6 Å². The van der Waals surface area contributed by atoms with Crippen LogP contribution in [0.3, 0.4) is 0 Å². The fourth-order valence-electron chi connectivity index (χ4n) is 4.21. The largest absolute Gasteiger partial charge is 0.381 e. The van der Waals surface area contributed by atoms with E-state index in [4.69, 9.17) is 4.74 Å². The zero-order chi connectivity index (χ0) is 21.4. The SMILES string of the molecule is O=C(n1cccn1)C1(c2cc(F)c(CN3CCCCS3(=O)=O)cc2F)CCOCC1. The number of ether oxygens (including phenoxy) is 1. The van der Waals surface area contributed by atoms with Crippen molar-refractivity contribution >= 4 is 15.9 Å². The van der Waals surface area contributed by atoms with E-state index in [1.54, 1.807) is 6.07 Å². The molecule has 0 radical (unpaired) electrons. The van der Waals surface area contributed by atoms with E-state index in [0.717, 1.165) is 16.8 Å². The summed E-state index contributed by atoms with van der Waals surface area (Å²) in [4.78, 5) is 13.2. The van der Waals surface area contributed by atoms with Crippen LogP contribution in [0.25, 0.3) is 0 Å². The van der Waals surface area contributed by atoms with Gasteiger partial charge in [0.2, 0.25) is 10.0 Å². The Bertz CT molecular complexity index is 1030. The van der Waals surface area contributed by atoms with Crippen LogP contribution in [0, 0.1) is 11.6 Å². The molecule has 3 heterocycles. The van der Waals surface area contributed by atoms with Crippen molar-refractivity contribution in [2.45, 2.75) is 37.6 Å². The number of carbonyl (C=O) groups excluding carboxylic acids is 1. The molecule has 10 heteroatoms. The third-order valence-electron chi connectivity index (χ3n) is 5.92. The summed E-state index contributed by atoms with van der Waals surface area (Å²) in [5, 5.41) is 3.96. The smallest absolute Gasteiger partial charge is 0.257 e. The molecular weight excluding hydrogens is 416 g/mol. The van der Waals surface area contributed by atoms with Crippen LogP contribution in [0.5, 0.6) is 0 Å². The van der Waals surface area contributed by atoms with Crippen LogP contribution in [-0.4, -0.2) is 53.9 Å². The monoisotopic (exact) mass is 439 g/mol. The molecule has 2 aromatic rings. The predicted octanol–water partition coefficient (Wildman–Crippen LogP) is 2.48. The van der Waals surface area contributed by atoms with Gasteiger partial charge in [0, 0.05) is 49.8 Å². The van der Waals surface area contributed by atoms with Crippen molar-refractivity contribution in [3.8, 4) is 0 Å². The number of carbonyl (C=O) groups is 1. The second-order valence-electron chi connectivity index (χ2n) is 7.73. The molecule has 0 spiro atoms. The first-order valence-electron chi connectivity index (χ1n) is 9.92. The molecular formula is C20H23F2N3O4S. The second-order valence-corrected chi connectivity index (χ2v) is 9.82. The Morgan fingerprint density at radius 2 is 1.93 bits per heavy atom. The highest BCUT2D eigenvalue weighted by atomic mass is 32.2. The fraction of sp³-hybridized carbons (Fsp3) is 0.500. The van der Waals surface area contributed by atoms with Gasteiger partial charge in [-0.25, -0.2) is 21.9 Å². The van der Waals surface area contributed by atoms with Gasteiger partial charge in [-0.2, -0.15) is 9.40 Å². The lowest BCUT2D eigenvalue weighted by molar-refractivity contribution is 0.0345. The second kappa shape index (κ2) is 8.16. The molecule has 30 heavy (non-hydrogen) atoms. The van der Waals surface area contributed by atoms with Crippen LogP contribution < -0.4 is 0 Å². The van der Waals surface area contributed by atoms with E-state index in [-0.39, 0.29) is 56.0 Å². The van der Waals surface area contributed by atoms with Crippen molar-refractivity contribution in [2.75, 3.05) is 25.5 Å². The topological polar surface area (TPSA) is 81.5 Å². The minimum absolute atomic E-state index is 0.0106. The average molecular weight is 439 g/mol. The van der Waals surface area contributed by atoms with E-state index in [1.807, 2.05) is 0 Å². The summed E-state index contributed by atoms with van der Waals surface area (Å²) in [6, 6.07) is 3.64. The van der Waals surface area contributed by atoms with Gasteiger partial charge in [-0.3, -0.25) is 4.79 Å². The molecule has 2 saturated heterocycles. The van der Waals surface area contributed by atoms with E-state index < -0.39 is 33.0 Å². The first kappa shape index (κ1) is 21.1. The Morgan fingerprint density at radius 1 is 1.17 bits per heavy atom. The maximum Gasteiger partial charge on any atom is 0.257 e. The zero-order valence-corrected chi connectivity index (χ0v) is 17.2. The minimum Gasteiger partial charge on any atom is -0.381 e. The average Bonchev–Trinajstić information content (AvgIpc) is 3.26. The van der Waals surface area contributed by atoms with Crippen molar-refractivity contribution < 1.29 is 26.7 Å². The molecule has 0 amide bonds. The van der Waals surface area contributed by atoms with Gasteiger partial charge in [-0.05, 0) is 43.9 Å². The molecule has 7 nitrogen and oxygen atoms in total. The van der Waals surface area contributed by atoms with Gasteiger partial charge in [-0.15, -0.1) is 0 Å². The molecule has 1 aromatic carbocycles. The third-order valence-corrected chi connectivity index (χ3v) is 7.82. The number of benzene rings is 1. The van der Waals surface area contributed by atoms with Crippen molar-refractivity contribution in [2.24, 2.45) is 0 Å². The molecule has 2 aliphatic heterocycles. The third kappa shape index (κ3) is 3.79. The lowest BCUT2D eigenvalue weighted by Crippen LogP contribution is -2.45. The van der Waals surface area contributed by atoms with Crippen molar-refractivity contribution in [1.29, 1.82) is 0 Å². The summed E-state index contributed by atoms with van der Waals surface area (Å²) in [7, 11) is -3.48. The first-order chi connectivity index (χ1) is 14.3. The molecule has 0 atom stereocenters. The number of hydrogen-bond donors (Lipinski definition) is 0. The maximum absolute atomic E-state index is 15.3. The summed E-state index contributed by atoms with van der Waals surface area (Å²) < 4.78 is 62.4. The molecule has 1 aromatic heterocycles. The maximum atomic E-state index is 15.3. The summed E-state index contributed by atoms with van der Waals surface area (Å²) in [6.07, 6.45) is 4.56. The molecule has 162 valence electrons. The number of nitrogens with zero attached hydrogens (tertiary/aromatic N) is 3. The van der Waals surface area contributed by atoms with Crippen LogP contribution >= 0.6 is 0 Å². The summed E-state index contributed by atoms with van der Waals surface area (Å²) in [6.45, 7) is 0.530. The number of halogens is 2. The highest BCUT2D eigenvalue weighted by Gasteiger charge is 2.45. The highest BCUT2D eigenvalue weighted by molar-refractivity contribution is 7.89. The normalized spacial score (nSPS) is 21.4. The summed E-state index contributed by atoms with van der Waals surface area (Å²) >= 11 is 0. The van der Waals surface area contributed by atoms with E-state index in [1.165, 1.54) is 16.7 Å². The number of aromatic nitrogens is 2. The Morgan fingerprint density at radius 3 is 2.60 bits per heavy atom. The molecule has 4 rings (SSSR count). The van der Waals surface area contributed by atoms with E-state index >= 15 is 8.78 Å². The van der Waals surface area contributed by atoms with Gasteiger partial charge < -0.3 is 4.74 Å². The molecule has 0 saturated carbocycles. The highest BCUT2D eigenvalue weighted by Crippen LogP contribution is 2.39. The first-order valence-corrected chi connectivity index (χ1v) is 11.5. The Balaban J connectivity index is 1.71. The van der Waals surface area contributed by atoms with Crippen LogP contribution in [0.2, 0.25) is 0 Å². The van der Waals surface area contributed by atoms with Crippen molar-refractivity contribution in [3.05, 3.63) is 53.4 Å². The van der Waals surface area contributed by atoms with Gasteiger partial charge in [0.15, 0.2) is 0 Å². The Hall–Kier alpha value is -2.17. The summed E-state index contributed by atoms with van der Waals surface area (Å²) in [5.74, 6) is -1.90. The van der Waals surface area contributed by atoms with Gasteiger partial charge in [0.25, 0.3) is 5.91 Å². The molecule has 0 aliphatic carbocycles. The molecule has 0 N–H and O–H groups in total. The van der Waals surface area contributed by atoms with Gasteiger partial charge in [-0.1, -0.05) is 0 Å². The van der Waals surface area contributed by atoms with Crippen LogP contribution in [0.1, 0.15) is 41.6 Å². The predicted molar refractivity (Wildman–Crippen MR) is 104 cm³/mol. The molecule has 2 aliphatic rings. The van der Waals surface area contributed by atoms with E-state index in [2.05, 4.69) is 5.10 Å². The van der Waals surface area contributed by atoms with E-state index in [9.17, 15) is 13.2 Å².